The summed E-state index contributed by atoms with van der Waals surface area (Å²) < 4.78 is 24.7. The molecule has 1 heterocycles. The SMILES string of the molecule is CC(C)NC(=O)C(=O)NNC(=O)c1ccc2c(c1)CCN2S(C)(=O)=O. The topological polar surface area (TPSA) is 125 Å². The Bertz CT molecular complexity index is 819. The van der Waals surface area contributed by atoms with E-state index in [1.807, 2.05) is 5.43 Å². The number of benzene rings is 1. The van der Waals surface area contributed by atoms with Crippen molar-refractivity contribution in [2.75, 3.05) is 17.1 Å². The molecule has 1 aromatic carbocycles. The highest BCUT2D eigenvalue weighted by atomic mass is 32.2. The maximum Gasteiger partial charge on any atom is 0.327 e. The third-order valence-electron chi connectivity index (χ3n) is 3.51. The van der Waals surface area contributed by atoms with E-state index >= 15 is 0 Å². The quantitative estimate of drug-likeness (QED) is 0.480. The Morgan fingerprint density at radius 3 is 2.40 bits per heavy atom. The first-order valence-electron chi connectivity index (χ1n) is 7.61. The summed E-state index contributed by atoms with van der Waals surface area (Å²) in [6.45, 7) is 3.73. The van der Waals surface area contributed by atoms with E-state index in [0.717, 1.165) is 11.8 Å². The Balaban J connectivity index is 2.02. The van der Waals surface area contributed by atoms with Crippen LogP contribution in [-0.4, -0.2) is 45.0 Å². The molecule has 0 radical (unpaired) electrons. The molecule has 0 atom stereocenters. The van der Waals surface area contributed by atoms with Gasteiger partial charge in [-0.1, -0.05) is 0 Å². The van der Waals surface area contributed by atoms with Crippen molar-refractivity contribution in [3.63, 3.8) is 0 Å². The summed E-state index contributed by atoms with van der Waals surface area (Å²) >= 11 is 0. The third-order valence-corrected chi connectivity index (χ3v) is 4.69. The number of hydrogen-bond acceptors (Lipinski definition) is 5. The maximum absolute atomic E-state index is 12.1. The molecule has 136 valence electrons. The second kappa shape index (κ2) is 7.09. The Hall–Kier alpha value is -2.62. The molecule has 1 aliphatic heterocycles. The lowest BCUT2D eigenvalue weighted by Gasteiger charge is -2.16. The molecule has 2 rings (SSSR count). The van der Waals surface area contributed by atoms with E-state index in [2.05, 4.69) is 10.7 Å². The number of fused-ring (bicyclic) bond motifs is 1. The van der Waals surface area contributed by atoms with E-state index in [4.69, 9.17) is 0 Å². The molecule has 25 heavy (non-hydrogen) atoms. The number of hydrazine groups is 1. The molecule has 0 saturated carbocycles. The monoisotopic (exact) mass is 368 g/mol. The number of rotatable bonds is 3. The lowest BCUT2D eigenvalue weighted by atomic mass is 10.1. The minimum Gasteiger partial charge on any atom is -0.346 e. The number of nitrogens with one attached hydrogen (secondary N) is 3. The second-order valence-electron chi connectivity index (χ2n) is 5.97. The van der Waals surface area contributed by atoms with E-state index in [1.54, 1.807) is 26.0 Å². The summed E-state index contributed by atoms with van der Waals surface area (Å²) in [5.74, 6) is -2.44. The summed E-state index contributed by atoms with van der Waals surface area (Å²) in [4.78, 5) is 35.1. The van der Waals surface area contributed by atoms with Crippen LogP contribution in [0.15, 0.2) is 18.2 Å². The molecule has 9 nitrogen and oxygen atoms in total. The molecule has 10 heteroatoms. The van der Waals surface area contributed by atoms with E-state index < -0.39 is 27.7 Å². The molecular weight excluding hydrogens is 348 g/mol. The number of amides is 3. The van der Waals surface area contributed by atoms with E-state index in [9.17, 15) is 22.8 Å². The van der Waals surface area contributed by atoms with Crippen molar-refractivity contribution in [3.05, 3.63) is 29.3 Å². The number of carbonyl (C=O) groups is 3. The van der Waals surface area contributed by atoms with Gasteiger partial charge in [-0.3, -0.25) is 29.5 Å². The number of carbonyl (C=O) groups excluding carboxylic acids is 3. The minimum absolute atomic E-state index is 0.205. The van der Waals surface area contributed by atoms with E-state index in [-0.39, 0.29) is 11.6 Å². The summed E-state index contributed by atoms with van der Waals surface area (Å²) in [7, 11) is -3.36. The molecule has 0 fully saturated rings. The van der Waals surface area contributed by atoms with Gasteiger partial charge < -0.3 is 5.32 Å². The molecule has 0 spiro atoms. The van der Waals surface area contributed by atoms with Gasteiger partial charge in [-0.15, -0.1) is 0 Å². The smallest absolute Gasteiger partial charge is 0.327 e. The van der Waals surface area contributed by atoms with Gasteiger partial charge in [0.1, 0.15) is 0 Å². The van der Waals surface area contributed by atoms with Crippen LogP contribution in [0.5, 0.6) is 0 Å². The van der Waals surface area contributed by atoms with Crippen molar-refractivity contribution in [3.8, 4) is 0 Å². The lowest BCUT2D eigenvalue weighted by Crippen LogP contribution is -2.49. The molecular formula is C15H20N4O5S. The Morgan fingerprint density at radius 1 is 1.12 bits per heavy atom. The van der Waals surface area contributed by atoms with Crippen molar-refractivity contribution in [2.45, 2.75) is 26.3 Å². The highest BCUT2D eigenvalue weighted by Gasteiger charge is 2.26. The maximum atomic E-state index is 12.1. The highest BCUT2D eigenvalue weighted by molar-refractivity contribution is 7.92. The summed E-state index contributed by atoms with van der Waals surface area (Å²) in [5.41, 5.74) is 5.70. The van der Waals surface area contributed by atoms with Gasteiger partial charge in [-0.25, -0.2) is 8.42 Å². The third kappa shape index (κ3) is 4.47. The average Bonchev–Trinajstić information content (AvgIpc) is 2.94. The zero-order valence-corrected chi connectivity index (χ0v) is 14.9. The molecule has 3 N–H and O–H groups in total. The summed E-state index contributed by atoms with van der Waals surface area (Å²) in [5, 5.41) is 2.39. The summed E-state index contributed by atoms with van der Waals surface area (Å²) in [6, 6.07) is 4.36. The van der Waals surface area contributed by atoms with Crippen LogP contribution in [0.25, 0.3) is 0 Å². The van der Waals surface area contributed by atoms with Gasteiger partial charge in [0.15, 0.2) is 0 Å². The van der Waals surface area contributed by atoms with Gasteiger partial charge in [-0.2, -0.15) is 0 Å². The Labute approximate surface area is 145 Å². The van der Waals surface area contributed by atoms with Crippen molar-refractivity contribution >= 4 is 33.4 Å². The molecule has 3 amide bonds. The van der Waals surface area contributed by atoms with Crippen LogP contribution in [0.1, 0.15) is 29.8 Å². The largest absolute Gasteiger partial charge is 0.346 e. The molecule has 0 saturated heterocycles. The Morgan fingerprint density at radius 2 is 1.80 bits per heavy atom. The van der Waals surface area contributed by atoms with Crippen molar-refractivity contribution < 1.29 is 22.8 Å². The van der Waals surface area contributed by atoms with Crippen molar-refractivity contribution in [1.29, 1.82) is 0 Å². The van der Waals surface area contributed by atoms with Crippen LogP contribution in [0.4, 0.5) is 5.69 Å². The van der Waals surface area contributed by atoms with Gasteiger partial charge >= 0.3 is 11.8 Å². The van der Waals surface area contributed by atoms with Crippen LogP contribution >= 0.6 is 0 Å². The van der Waals surface area contributed by atoms with Crippen LogP contribution in [-0.2, 0) is 26.0 Å². The van der Waals surface area contributed by atoms with Crippen molar-refractivity contribution in [2.24, 2.45) is 0 Å². The van der Waals surface area contributed by atoms with Gasteiger partial charge in [0.05, 0.1) is 11.9 Å². The van der Waals surface area contributed by atoms with Crippen LogP contribution < -0.4 is 20.5 Å². The molecule has 0 bridgehead atoms. The Kier molecular flexibility index (Phi) is 5.31. The second-order valence-corrected chi connectivity index (χ2v) is 7.87. The number of sulfonamides is 1. The minimum atomic E-state index is -3.36. The molecule has 1 aliphatic rings. The van der Waals surface area contributed by atoms with E-state index in [1.165, 1.54) is 10.4 Å². The van der Waals surface area contributed by atoms with Crippen LogP contribution in [0.3, 0.4) is 0 Å². The van der Waals surface area contributed by atoms with Gasteiger partial charge in [0.2, 0.25) is 10.0 Å². The van der Waals surface area contributed by atoms with E-state index in [0.29, 0.717) is 18.7 Å². The van der Waals surface area contributed by atoms with Gasteiger partial charge in [-0.05, 0) is 44.0 Å². The molecule has 0 aromatic heterocycles. The number of anilines is 1. The fraction of sp³-hybridized carbons (Fsp3) is 0.400. The average molecular weight is 368 g/mol. The fourth-order valence-electron chi connectivity index (χ4n) is 2.43. The standard InChI is InChI=1S/C15H20N4O5S/c1-9(2)16-14(21)15(22)18-17-13(20)11-4-5-12-10(8-11)6-7-19(12)25(3,23)24/h4-5,8-9H,6-7H2,1-3H3,(H,16,21)(H,17,20)(H,18,22). The summed E-state index contributed by atoms with van der Waals surface area (Å²) in [6.07, 6.45) is 1.62. The normalized spacial score (nSPS) is 13.4. The zero-order valence-electron chi connectivity index (χ0n) is 14.1. The zero-order chi connectivity index (χ0) is 18.8. The van der Waals surface area contributed by atoms with Gasteiger partial charge in [0.25, 0.3) is 5.91 Å². The van der Waals surface area contributed by atoms with Crippen LogP contribution in [0.2, 0.25) is 0 Å². The first-order chi connectivity index (χ1) is 11.6. The molecule has 0 aliphatic carbocycles. The predicted molar refractivity (Wildman–Crippen MR) is 91.2 cm³/mol. The van der Waals surface area contributed by atoms with Gasteiger partial charge in [0, 0.05) is 18.2 Å². The van der Waals surface area contributed by atoms with Crippen molar-refractivity contribution in [1.82, 2.24) is 16.2 Å². The number of hydrogen-bond donors (Lipinski definition) is 3. The lowest BCUT2D eigenvalue weighted by molar-refractivity contribution is -0.139. The highest BCUT2D eigenvalue weighted by Crippen LogP contribution is 2.30. The molecule has 1 aromatic rings. The number of nitrogens with zero attached hydrogens (tertiary/aromatic N) is 1. The molecule has 0 unspecified atom stereocenters. The fourth-order valence-corrected chi connectivity index (χ4v) is 3.39. The predicted octanol–water partition coefficient (Wildman–Crippen LogP) is -0.706. The van der Waals surface area contributed by atoms with Crippen LogP contribution in [0, 0.1) is 0 Å². The first kappa shape index (κ1) is 18.7. The first-order valence-corrected chi connectivity index (χ1v) is 9.46.